The molecule has 0 bridgehead atoms. The number of carbonyl (C=O) groups excluding carboxylic acids is 2. The average Bonchev–Trinajstić information content (AvgIpc) is 2.79. The van der Waals surface area contributed by atoms with E-state index in [0.717, 1.165) is 37.9 Å². The Labute approximate surface area is 178 Å². The van der Waals surface area contributed by atoms with Gasteiger partial charge in [-0.1, -0.05) is 30.9 Å². The normalized spacial score (nSPS) is 29.5. The molecule has 3 atom stereocenters. The Morgan fingerprint density at radius 2 is 1.79 bits per heavy atom. The molecule has 6 heteroatoms. The maximum absolute atomic E-state index is 13.3. The number of nitrogens with zero attached hydrogens (tertiary/aromatic N) is 2. The summed E-state index contributed by atoms with van der Waals surface area (Å²) in [7, 11) is 0. The Balaban J connectivity index is 1.44. The molecule has 4 rings (SSSR count). The molecule has 0 spiro atoms. The second kappa shape index (κ2) is 9.69. The van der Waals surface area contributed by atoms with Gasteiger partial charge in [-0.3, -0.25) is 14.5 Å². The van der Waals surface area contributed by atoms with Gasteiger partial charge in [0.2, 0.25) is 0 Å². The molecule has 2 aliphatic heterocycles. The van der Waals surface area contributed by atoms with Gasteiger partial charge in [-0.2, -0.15) is 0 Å². The lowest BCUT2D eigenvalue weighted by Crippen LogP contribution is -2.62. The minimum absolute atomic E-state index is 0.0374. The number of piperidine rings is 1. The van der Waals surface area contributed by atoms with Gasteiger partial charge >= 0.3 is 0 Å². The highest BCUT2D eigenvalue weighted by atomic mass is 35.5. The van der Waals surface area contributed by atoms with Crippen molar-refractivity contribution in [3.63, 3.8) is 0 Å². The van der Waals surface area contributed by atoms with Crippen LogP contribution in [0, 0.1) is 11.8 Å². The van der Waals surface area contributed by atoms with E-state index in [1.807, 2.05) is 12.1 Å². The minimum Gasteiger partial charge on any atom is -0.313 e. The van der Waals surface area contributed by atoms with Crippen LogP contribution in [-0.2, 0) is 4.79 Å². The van der Waals surface area contributed by atoms with Crippen molar-refractivity contribution in [3.8, 4) is 0 Å². The van der Waals surface area contributed by atoms with Crippen molar-refractivity contribution in [3.05, 3.63) is 34.9 Å². The first kappa shape index (κ1) is 21.0. The SMILES string of the molecule is O=C(c1ccc(Cl)cc1)C1CC[N]C(N2CCNCC2C(=O)C2CCCCC2)C1. The molecule has 0 amide bonds. The average molecular weight is 417 g/mol. The van der Waals surface area contributed by atoms with E-state index in [9.17, 15) is 9.59 Å². The lowest BCUT2D eigenvalue weighted by Gasteiger charge is -2.44. The number of hydrogen-bond acceptors (Lipinski definition) is 4. The predicted molar refractivity (Wildman–Crippen MR) is 114 cm³/mol. The summed E-state index contributed by atoms with van der Waals surface area (Å²) in [6, 6.07) is 7.06. The third-order valence-corrected chi connectivity index (χ3v) is 7.07. The number of piperazine rings is 1. The van der Waals surface area contributed by atoms with Crippen LogP contribution in [0.3, 0.4) is 0 Å². The maximum atomic E-state index is 13.3. The summed E-state index contributed by atoms with van der Waals surface area (Å²) in [6.07, 6.45) is 7.10. The minimum atomic E-state index is -0.106. The summed E-state index contributed by atoms with van der Waals surface area (Å²) >= 11 is 5.97. The smallest absolute Gasteiger partial charge is 0.166 e. The van der Waals surface area contributed by atoms with Crippen LogP contribution < -0.4 is 10.6 Å². The van der Waals surface area contributed by atoms with Gasteiger partial charge in [0.1, 0.15) is 0 Å². The first-order valence-electron chi connectivity index (χ1n) is 11.1. The van der Waals surface area contributed by atoms with Crippen LogP contribution in [0.1, 0.15) is 55.3 Å². The van der Waals surface area contributed by atoms with E-state index >= 15 is 0 Å². The highest BCUT2D eigenvalue weighted by Gasteiger charge is 2.40. The molecule has 1 radical (unpaired) electrons. The summed E-state index contributed by atoms with van der Waals surface area (Å²) in [5, 5.41) is 8.89. The molecule has 29 heavy (non-hydrogen) atoms. The summed E-state index contributed by atoms with van der Waals surface area (Å²) in [6.45, 7) is 3.08. The van der Waals surface area contributed by atoms with Crippen molar-refractivity contribution >= 4 is 23.2 Å². The van der Waals surface area contributed by atoms with Crippen molar-refractivity contribution in [2.45, 2.75) is 57.2 Å². The van der Waals surface area contributed by atoms with Gasteiger partial charge in [-0.25, -0.2) is 5.32 Å². The Kier molecular flexibility index (Phi) is 7.01. The van der Waals surface area contributed by atoms with E-state index in [0.29, 0.717) is 30.3 Å². The topological polar surface area (TPSA) is 63.5 Å². The molecule has 3 unspecified atom stereocenters. The second-order valence-corrected chi connectivity index (χ2v) is 9.11. The molecule has 1 saturated carbocycles. The number of hydrogen-bond donors (Lipinski definition) is 1. The fraction of sp³-hybridized carbons (Fsp3) is 0.652. The van der Waals surface area contributed by atoms with Crippen LogP contribution in [0.2, 0.25) is 5.02 Å². The van der Waals surface area contributed by atoms with Gasteiger partial charge in [0.25, 0.3) is 0 Å². The second-order valence-electron chi connectivity index (χ2n) is 8.67. The molecular weight excluding hydrogens is 386 g/mol. The molecule has 2 saturated heterocycles. The van der Waals surface area contributed by atoms with Crippen LogP contribution in [-0.4, -0.2) is 54.9 Å². The molecule has 0 aromatic heterocycles. The summed E-state index contributed by atoms with van der Waals surface area (Å²) in [5.74, 6) is 0.718. The number of rotatable bonds is 5. The molecule has 5 nitrogen and oxygen atoms in total. The number of benzene rings is 1. The third kappa shape index (κ3) is 4.91. The number of nitrogens with one attached hydrogen (secondary N) is 1. The summed E-state index contributed by atoms with van der Waals surface area (Å²) < 4.78 is 0. The fourth-order valence-corrected chi connectivity index (χ4v) is 5.28. The van der Waals surface area contributed by atoms with E-state index in [1.165, 1.54) is 19.3 Å². The molecular formula is C23H31ClN3O2. The molecule has 3 aliphatic rings. The van der Waals surface area contributed by atoms with Crippen molar-refractivity contribution in [2.75, 3.05) is 26.2 Å². The Morgan fingerprint density at radius 1 is 1.03 bits per heavy atom. The van der Waals surface area contributed by atoms with E-state index in [-0.39, 0.29) is 29.8 Å². The van der Waals surface area contributed by atoms with Crippen LogP contribution in [0.4, 0.5) is 0 Å². The fourth-order valence-electron chi connectivity index (χ4n) is 5.15. The lowest BCUT2D eigenvalue weighted by molar-refractivity contribution is -0.131. The van der Waals surface area contributed by atoms with Crippen LogP contribution in [0.25, 0.3) is 0 Å². The summed E-state index contributed by atoms with van der Waals surface area (Å²) in [5.41, 5.74) is 0.718. The highest BCUT2D eigenvalue weighted by Crippen LogP contribution is 2.30. The molecule has 1 aliphatic carbocycles. The van der Waals surface area contributed by atoms with Crippen LogP contribution in [0.15, 0.2) is 24.3 Å². The van der Waals surface area contributed by atoms with Crippen molar-refractivity contribution in [1.29, 1.82) is 0 Å². The largest absolute Gasteiger partial charge is 0.313 e. The Bertz CT molecular complexity index is 717. The van der Waals surface area contributed by atoms with E-state index in [1.54, 1.807) is 12.1 Å². The van der Waals surface area contributed by atoms with Crippen LogP contribution in [0.5, 0.6) is 0 Å². The molecule has 3 fully saturated rings. The Morgan fingerprint density at radius 3 is 2.55 bits per heavy atom. The van der Waals surface area contributed by atoms with Gasteiger partial charge in [-0.15, -0.1) is 0 Å². The zero-order valence-corrected chi connectivity index (χ0v) is 17.7. The van der Waals surface area contributed by atoms with Gasteiger partial charge < -0.3 is 5.32 Å². The first-order valence-corrected chi connectivity index (χ1v) is 11.5. The molecule has 1 aromatic carbocycles. The Hall–Kier alpha value is -1.27. The van der Waals surface area contributed by atoms with Crippen molar-refractivity contribution in [2.24, 2.45) is 11.8 Å². The first-order chi connectivity index (χ1) is 14.1. The third-order valence-electron chi connectivity index (χ3n) is 6.82. The van der Waals surface area contributed by atoms with E-state index in [4.69, 9.17) is 16.9 Å². The van der Waals surface area contributed by atoms with Gasteiger partial charge in [-0.05, 0) is 49.9 Å². The molecule has 2 heterocycles. The number of carbonyl (C=O) groups is 2. The zero-order chi connectivity index (χ0) is 20.2. The van der Waals surface area contributed by atoms with Gasteiger partial charge in [0.15, 0.2) is 11.6 Å². The maximum Gasteiger partial charge on any atom is 0.166 e. The van der Waals surface area contributed by atoms with E-state index < -0.39 is 0 Å². The van der Waals surface area contributed by atoms with Crippen LogP contribution >= 0.6 is 11.6 Å². The monoisotopic (exact) mass is 416 g/mol. The van der Waals surface area contributed by atoms with Gasteiger partial charge in [0, 0.05) is 48.6 Å². The number of halogens is 1. The van der Waals surface area contributed by atoms with Crippen molar-refractivity contribution in [1.82, 2.24) is 15.5 Å². The molecule has 157 valence electrons. The molecule has 1 N–H and O–H groups in total. The van der Waals surface area contributed by atoms with E-state index in [2.05, 4.69) is 10.2 Å². The number of Topliss-reactive ketones (excluding diaryl/α,β-unsaturated/α-hetero) is 2. The summed E-state index contributed by atoms with van der Waals surface area (Å²) in [4.78, 5) is 28.6. The number of ketones is 2. The lowest BCUT2D eigenvalue weighted by atomic mass is 9.82. The quantitative estimate of drug-likeness (QED) is 0.748. The van der Waals surface area contributed by atoms with Crippen molar-refractivity contribution < 1.29 is 9.59 Å². The van der Waals surface area contributed by atoms with Gasteiger partial charge in [0.05, 0.1) is 12.2 Å². The molecule has 1 aromatic rings. The zero-order valence-electron chi connectivity index (χ0n) is 17.0. The highest BCUT2D eigenvalue weighted by molar-refractivity contribution is 6.30. The standard InChI is InChI=1S/C23H31ClN3O2/c24-19-8-6-17(7-9-19)22(28)18-10-11-26-21(14-18)27-13-12-25-15-20(27)23(29)16-4-2-1-3-5-16/h6-9,16,18,20-21,25H,1-5,10-15H2. The predicted octanol–water partition coefficient (Wildman–Crippen LogP) is 3.29.